The van der Waals surface area contributed by atoms with E-state index in [9.17, 15) is 9.18 Å². The van der Waals surface area contributed by atoms with E-state index in [1.165, 1.54) is 18.2 Å². The first-order valence-electron chi connectivity index (χ1n) is 4.07. The molecule has 2 aromatic rings. The summed E-state index contributed by atoms with van der Waals surface area (Å²) in [7, 11) is 0. The van der Waals surface area contributed by atoms with Crippen LogP contribution in [0.25, 0.3) is 11.0 Å². The highest BCUT2D eigenvalue weighted by atomic mass is 19.1. The highest BCUT2D eigenvalue weighted by Crippen LogP contribution is 2.26. The zero-order valence-electron chi connectivity index (χ0n) is 7.44. The van der Waals surface area contributed by atoms with E-state index < -0.39 is 18.4 Å². The maximum atomic E-state index is 13.1. The molecule has 0 saturated heterocycles. The van der Waals surface area contributed by atoms with Crippen molar-refractivity contribution in [2.45, 2.75) is 0 Å². The molecule has 0 spiro atoms. The van der Waals surface area contributed by atoms with Crippen LogP contribution in [0.1, 0.15) is 0 Å². The van der Waals surface area contributed by atoms with Crippen molar-refractivity contribution in [2.24, 2.45) is 0 Å². The van der Waals surface area contributed by atoms with Crippen LogP contribution in [-0.4, -0.2) is 22.8 Å². The molecule has 0 saturated carbocycles. The third kappa shape index (κ3) is 1.74. The Labute approximate surface area is 83.0 Å². The maximum Gasteiger partial charge on any atom is 0.341 e. The predicted molar refractivity (Wildman–Crippen MR) is 47.1 cm³/mol. The number of ether oxygens (including phenoxy) is 1. The van der Waals surface area contributed by atoms with Gasteiger partial charge in [-0.05, 0) is 17.3 Å². The van der Waals surface area contributed by atoms with Crippen LogP contribution in [0, 0.1) is 5.82 Å². The molecule has 0 unspecified atom stereocenters. The van der Waals surface area contributed by atoms with Crippen molar-refractivity contribution >= 4 is 16.9 Å². The standard InChI is InChI=1S/C9H6FNO4/c10-6-3-1-2-5-8(6)15-11-9(5)14-4-7(12)13/h1-3H,4H2,(H,12,13). The molecular formula is C9H6FNO4. The first-order valence-corrected chi connectivity index (χ1v) is 4.07. The lowest BCUT2D eigenvalue weighted by atomic mass is 10.2. The average molecular weight is 211 g/mol. The molecule has 78 valence electrons. The van der Waals surface area contributed by atoms with E-state index in [1.807, 2.05) is 0 Å². The van der Waals surface area contributed by atoms with Gasteiger partial charge < -0.3 is 14.4 Å². The van der Waals surface area contributed by atoms with E-state index in [4.69, 9.17) is 9.84 Å². The zero-order chi connectivity index (χ0) is 10.8. The summed E-state index contributed by atoms with van der Waals surface area (Å²) in [5.41, 5.74) is -0.0436. The fraction of sp³-hybridized carbons (Fsp3) is 0.111. The van der Waals surface area contributed by atoms with Gasteiger partial charge in [-0.15, -0.1) is 0 Å². The summed E-state index contributed by atoms with van der Waals surface area (Å²) in [5.74, 6) is -1.72. The van der Waals surface area contributed by atoms with Gasteiger partial charge in [-0.1, -0.05) is 6.07 Å². The Kier molecular flexibility index (Phi) is 2.24. The normalized spacial score (nSPS) is 10.5. The van der Waals surface area contributed by atoms with Crippen molar-refractivity contribution < 1.29 is 23.6 Å². The molecule has 0 aliphatic rings. The number of hydrogen-bond acceptors (Lipinski definition) is 4. The van der Waals surface area contributed by atoms with Gasteiger partial charge in [-0.2, -0.15) is 0 Å². The van der Waals surface area contributed by atoms with Crippen LogP contribution in [0.2, 0.25) is 0 Å². The van der Waals surface area contributed by atoms with Crippen LogP contribution in [0.4, 0.5) is 4.39 Å². The number of halogens is 1. The minimum atomic E-state index is -1.14. The number of carboxylic acid groups (broad SMARTS) is 1. The van der Waals surface area contributed by atoms with Gasteiger partial charge in [-0.3, -0.25) is 0 Å². The van der Waals surface area contributed by atoms with E-state index in [2.05, 4.69) is 9.68 Å². The smallest absolute Gasteiger partial charge is 0.341 e. The van der Waals surface area contributed by atoms with Gasteiger partial charge in [-0.25, -0.2) is 9.18 Å². The van der Waals surface area contributed by atoms with Crippen LogP contribution in [0.3, 0.4) is 0 Å². The molecule has 0 radical (unpaired) electrons. The van der Waals surface area contributed by atoms with Crippen molar-refractivity contribution in [1.82, 2.24) is 5.16 Å². The third-order valence-electron chi connectivity index (χ3n) is 1.75. The minimum Gasteiger partial charge on any atom is -0.479 e. The number of carboxylic acids is 1. The molecule has 0 fully saturated rings. The summed E-state index contributed by atoms with van der Waals surface area (Å²) in [6.45, 7) is -0.544. The third-order valence-corrected chi connectivity index (χ3v) is 1.75. The predicted octanol–water partition coefficient (Wildman–Crippen LogP) is 1.43. The maximum absolute atomic E-state index is 13.1. The van der Waals surface area contributed by atoms with Gasteiger partial charge in [0.2, 0.25) is 5.58 Å². The highest BCUT2D eigenvalue weighted by Gasteiger charge is 2.13. The average Bonchev–Trinajstić information content (AvgIpc) is 2.59. The van der Waals surface area contributed by atoms with Gasteiger partial charge in [0.15, 0.2) is 12.4 Å². The van der Waals surface area contributed by atoms with Crippen molar-refractivity contribution in [2.75, 3.05) is 6.61 Å². The van der Waals surface area contributed by atoms with Gasteiger partial charge in [0.25, 0.3) is 5.88 Å². The van der Waals surface area contributed by atoms with Crippen LogP contribution < -0.4 is 4.74 Å². The summed E-state index contributed by atoms with van der Waals surface area (Å²) in [6.07, 6.45) is 0. The molecule has 1 heterocycles. The topological polar surface area (TPSA) is 72.6 Å². The number of rotatable bonds is 3. The van der Waals surface area contributed by atoms with Crippen LogP contribution in [0.15, 0.2) is 22.7 Å². The Morgan fingerprint density at radius 2 is 2.40 bits per heavy atom. The van der Waals surface area contributed by atoms with Gasteiger partial charge in [0.05, 0.1) is 5.39 Å². The Bertz CT molecular complexity index is 508. The van der Waals surface area contributed by atoms with E-state index in [-0.39, 0.29) is 11.5 Å². The summed E-state index contributed by atoms with van der Waals surface area (Å²) in [4.78, 5) is 10.2. The molecule has 0 aliphatic carbocycles. The molecule has 15 heavy (non-hydrogen) atoms. The largest absolute Gasteiger partial charge is 0.479 e. The second kappa shape index (κ2) is 3.56. The molecule has 6 heteroatoms. The number of benzene rings is 1. The minimum absolute atomic E-state index is 0.0214. The number of aromatic nitrogens is 1. The Hall–Kier alpha value is -2.11. The number of carbonyl (C=O) groups is 1. The Balaban J connectivity index is 2.37. The van der Waals surface area contributed by atoms with Gasteiger partial charge in [0.1, 0.15) is 0 Å². The zero-order valence-corrected chi connectivity index (χ0v) is 7.44. The first kappa shape index (κ1) is 9.45. The highest BCUT2D eigenvalue weighted by molar-refractivity contribution is 5.82. The van der Waals surface area contributed by atoms with E-state index >= 15 is 0 Å². The van der Waals surface area contributed by atoms with E-state index in [0.717, 1.165) is 0 Å². The molecule has 0 aliphatic heterocycles. The SMILES string of the molecule is O=C(O)COc1noc2c(F)cccc12. The number of para-hydroxylation sites is 1. The molecule has 5 nitrogen and oxygen atoms in total. The molecule has 0 amide bonds. The Morgan fingerprint density at radius 3 is 3.13 bits per heavy atom. The number of nitrogens with zero attached hydrogens (tertiary/aromatic N) is 1. The number of hydrogen-bond donors (Lipinski definition) is 1. The lowest BCUT2D eigenvalue weighted by Crippen LogP contribution is -2.09. The van der Waals surface area contributed by atoms with Crippen molar-refractivity contribution in [1.29, 1.82) is 0 Å². The van der Waals surface area contributed by atoms with E-state index in [1.54, 1.807) is 0 Å². The lowest BCUT2D eigenvalue weighted by molar-refractivity contribution is -0.139. The van der Waals surface area contributed by atoms with Crippen LogP contribution >= 0.6 is 0 Å². The monoisotopic (exact) mass is 211 g/mol. The molecule has 1 aromatic heterocycles. The van der Waals surface area contributed by atoms with E-state index in [0.29, 0.717) is 5.39 Å². The van der Waals surface area contributed by atoms with Crippen molar-refractivity contribution in [3.63, 3.8) is 0 Å². The summed E-state index contributed by atoms with van der Waals surface area (Å²) in [6, 6.07) is 4.21. The summed E-state index contributed by atoms with van der Waals surface area (Å²) >= 11 is 0. The van der Waals surface area contributed by atoms with Crippen molar-refractivity contribution in [3.05, 3.63) is 24.0 Å². The molecule has 2 rings (SSSR count). The molecule has 1 N–H and O–H groups in total. The second-order valence-electron chi connectivity index (χ2n) is 2.79. The summed E-state index contributed by atoms with van der Waals surface area (Å²) < 4.78 is 22.6. The fourth-order valence-electron chi connectivity index (χ4n) is 1.14. The second-order valence-corrected chi connectivity index (χ2v) is 2.79. The van der Waals surface area contributed by atoms with Crippen LogP contribution in [0.5, 0.6) is 5.88 Å². The molecule has 0 bridgehead atoms. The Morgan fingerprint density at radius 1 is 1.60 bits per heavy atom. The quantitative estimate of drug-likeness (QED) is 0.831. The van der Waals surface area contributed by atoms with Crippen LogP contribution in [-0.2, 0) is 4.79 Å². The van der Waals surface area contributed by atoms with Crippen molar-refractivity contribution in [3.8, 4) is 5.88 Å². The molecule has 0 atom stereocenters. The number of fused-ring (bicyclic) bond motifs is 1. The molecule has 1 aromatic carbocycles. The lowest BCUT2D eigenvalue weighted by Gasteiger charge is -1.96. The summed E-state index contributed by atoms with van der Waals surface area (Å²) in [5, 5.41) is 12.1. The number of aliphatic carboxylic acids is 1. The first-order chi connectivity index (χ1) is 7.18. The molecular weight excluding hydrogens is 205 g/mol. The van der Waals surface area contributed by atoms with Gasteiger partial charge in [0, 0.05) is 0 Å². The fourth-order valence-corrected chi connectivity index (χ4v) is 1.14. The van der Waals surface area contributed by atoms with Gasteiger partial charge >= 0.3 is 5.97 Å².